The van der Waals surface area contributed by atoms with E-state index in [1.807, 2.05) is 43.3 Å². The molecule has 0 aliphatic carbocycles. The second-order valence-electron chi connectivity index (χ2n) is 6.93. The Balaban J connectivity index is 1.53. The summed E-state index contributed by atoms with van der Waals surface area (Å²) in [5.41, 5.74) is 2.18. The van der Waals surface area contributed by atoms with Crippen LogP contribution in [0.25, 0.3) is 11.0 Å². The van der Waals surface area contributed by atoms with Crippen LogP contribution in [-0.2, 0) is 17.8 Å². The molecule has 0 spiro atoms. The van der Waals surface area contributed by atoms with Crippen LogP contribution >= 0.6 is 0 Å². The van der Waals surface area contributed by atoms with Gasteiger partial charge in [-0.15, -0.1) is 0 Å². The lowest BCUT2D eigenvalue weighted by Crippen LogP contribution is -2.22. The van der Waals surface area contributed by atoms with Gasteiger partial charge in [0.2, 0.25) is 5.91 Å². The molecule has 1 aromatic heterocycles. The van der Waals surface area contributed by atoms with Gasteiger partial charge in [0.05, 0.1) is 17.6 Å². The van der Waals surface area contributed by atoms with Crippen molar-refractivity contribution in [1.82, 2.24) is 14.9 Å². The van der Waals surface area contributed by atoms with Gasteiger partial charge in [0.25, 0.3) is 0 Å². The number of carbonyl (C=O) groups is 1. The van der Waals surface area contributed by atoms with Crippen molar-refractivity contribution in [3.63, 3.8) is 0 Å². The Bertz CT molecular complexity index is 932. The van der Waals surface area contributed by atoms with E-state index >= 15 is 0 Å². The molecule has 3 aromatic rings. The predicted molar refractivity (Wildman–Crippen MR) is 117 cm³/mol. The fourth-order valence-corrected chi connectivity index (χ4v) is 3.34. The van der Waals surface area contributed by atoms with Gasteiger partial charge >= 0.3 is 0 Å². The number of nitrogens with zero attached hydrogens (tertiary/aromatic N) is 2. The molecule has 0 unspecified atom stereocenters. The van der Waals surface area contributed by atoms with E-state index in [-0.39, 0.29) is 5.91 Å². The Morgan fingerprint density at radius 2 is 1.86 bits per heavy atom. The quantitative estimate of drug-likeness (QED) is 0.386. The molecular formula is C24H29N3O2. The number of fused-ring (bicyclic) bond motifs is 1. The van der Waals surface area contributed by atoms with Gasteiger partial charge in [-0.05, 0) is 50.1 Å². The van der Waals surface area contributed by atoms with E-state index in [0.29, 0.717) is 13.2 Å². The van der Waals surface area contributed by atoms with Crippen molar-refractivity contribution in [1.29, 1.82) is 0 Å². The van der Waals surface area contributed by atoms with Crippen LogP contribution < -0.4 is 10.1 Å². The molecule has 29 heavy (non-hydrogen) atoms. The van der Waals surface area contributed by atoms with Gasteiger partial charge in [-0.2, -0.15) is 0 Å². The number of rotatable bonds is 11. The van der Waals surface area contributed by atoms with Gasteiger partial charge in [0.15, 0.2) is 0 Å². The number of hydrogen-bond acceptors (Lipinski definition) is 3. The molecule has 0 aliphatic rings. The fraction of sp³-hybridized carbons (Fsp3) is 0.333. The maximum absolute atomic E-state index is 11.4. The number of para-hydroxylation sites is 3. The molecule has 2 aromatic carbocycles. The van der Waals surface area contributed by atoms with Gasteiger partial charge in [-0.25, -0.2) is 4.98 Å². The molecule has 3 rings (SSSR count). The van der Waals surface area contributed by atoms with Crippen LogP contribution in [0.2, 0.25) is 0 Å². The molecule has 0 bridgehead atoms. The predicted octanol–water partition coefficient (Wildman–Crippen LogP) is 4.52. The molecule has 0 fully saturated rings. The third-order valence-electron chi connectivity index (χ3n) is 4.75. The van der Waals surface area contributed by atoms with Crippen LogP contribution in [0.4, 0.5) is 0 Å². The normalized spacial score (nSPS) is 11.2. The molecule has 0 saturated carbocycles. The van der Waals surface area contributed by atoms with E-state index in [1.165, 1.54) is 0 Å². The van der Waals surface area contributed by atoms with Crippen LogP contribution in [0.1, 0.15) is 32.0 Å². The summed E-state index contributed by atoms with van der Waals surface area (Å²) in [6, 6.07) is 18.1. The Hall–Kier alpha value is -3.08. The van der Waals surface area contributed by atoms with Crippen molar-refractivity contribution >= 4 is 16.9 Å². The SMILES string of the molecule is C/C=C/C(=O)NCCCCCc1nc2ccccc2n1CCOc1ccccc1. The van der Waals surface area contributed by atoms with Gasteiger partial charge in [-0.3, -0.25) is 4.79 Å². The monoisotopic (exact) mass is 391 g/mol. The minimum Gasteiger partial charge on any atom is -0.492 e. The number of benzene rings is 2. The van der Waals surface area contributed by atoms with Crippen LogP contribution in [0.3, 0.4) is 0 Å². The molecule has 0 saturated heterocycles. The lowest BCUT2D eigenvalue weighted by atomic mass is 10.2. The smallest absolute Gasteiger partial charge is 0.243 e. The van der Waals surface area contributed by atoms with Gasteiger partial charge < -0.3 is 14.6 Å². The standard InChI is InChI=1S/C24H29N3O2/c1-2-11-24(28)25-17-10-4-7-16-23-26-21-14-8-9-15-22(21)27(23)18-19-29-20-12-5-3-6-13-20/h2-3,5-6,8-9,11-15H,4,7,10,16-19H2,1H3,(H,25,28)/b11-2+. The van der Waals surface area contributed by atoms with Crippen LogP contribution in [0, 0.1) is 0 Å². The Labute approximate surface area is 172 Å². The van der Waals surface area contributed by atoms with Crippen molar-refractivity contribution in [3.05, 3.63) is 72.6 Å². The third-order valence-corrected chi connectivity index (χ3v) is 4.75. The number of unbranched alkanes of at least 4 members (excludes halogenated alkanes) is 2. The van der Waals surface area contributed by atoms with Crippen molar-refractivity contribution < 1.29 is 9.53 Å². The van der Waals surface area contributed by atoms with E-state index in [9.17, 15) is 4.79 Å². The molecule has 1 N–H and O–H groups in total. The molecule has 152 valence electrons. The van der Waals surface area contributed by atoms with Crippen LogP contribution in [0.15, 0.2) is 66.7 Å². The van der Waals surface area contributed by atoms with E-state index in [0.717, 1.165) is 54.8 Å². The van der Waals surface area contributed by atoms with E-state index in [1.54, 1.807) is 12.2 Å². The molecule has 0 aliphatic heterocycles. The second-order valence-corrected chi connectivity index (χ2v) is 6.93. The van der Waals surface area contributed by atoms with Crippen molar-refractivity contribution in [2.24, 2.45) is 0 Å². The zero-order valence-electron chi connectivity index (χ0n) is 17.0. The van der Waals surface area contributed by atoms with Crippen LogP contribution in [0.5, 0.6) is 5.75 Å². The number of ether oxygens (including phenoxy) is 1. The topological polar surface area (TPSA) is 56.2 Å². The summed E-state index contributed by atoms with van der Waals surface area (Å²) < 4.78 is 8.16. The molecule has 0 atom stereocenters. The summed E-state index contributed by atoms with van der Waals surface area (Å²) in [7, 11) is 0. The van der Waals surface area contributed by atoms with Gasteiger partial charge in [0.1, 0.15) is 18.2 Å². The highest BCUT2D eigenvalue weighted by Crippen LogP contribution is 2.18. The lowest BCUT2D eigenvalue weighted by Gasteiger charge is -2.11. The lowest BCUT2D eigenvalue weighted by molar-refractivity contribution is -0.116. The fourth-order valence-electron chi connectivity index (χ4n) is 3.34. The molecular weight excluding hydrogens is 362 g/mol. The molecule has 1 heterocycles. The zero-order valence-corrected chi connectivity index (χ0v) is 17.0. The minimum absolute atomic E-state index is 0.0206. The number of amides is 1. The number of imidazole rings is 1. The first-order valence-corrected chi connectivity index (χ1v) is 10.3. The number of aromatic nitrogens is 2. The van der Waals surface area contributed by atoms with E-state index in [2.05, 4.69) is 28.1 Å². The zero-order chi connectivity index (χ0) is 20.3. The Morgan fingerprint density at radius 3 is 2.69 bits per heavy atom. The Morgan fingerprint density at radius 1 is 1.07 bits per heavy atom. The largest absolute Gasteiger partial charge is 0.492 e. The second kappa shape index (κ2) is 11.1. The maximum Gasteiger partial charge on any atom is 0.243 e. The summed E-state index contributed by atoms with van der Waals surface area (Å²) in [6.07, 6.45) is 7.30. The highest BCUT2D eigenvalue weighted by Gasteiger charge is 2.10. The number of carbonyl (C=O) groups excluding carboxylic acids is 1. The van der Waals surface area contributed by atoms with Crippen molar-refractivity contribution in [2.75, 3.05) is 13.2 Å². The third kappa shape index (κ3) is 6.21. The number of nitrogens with one attached hydrogen (secondary N) is 1. The Kier molecular flexibility index (Phi) is 7.87. The minimum atomic E-state index is -0.0206. The number of aryl methyl sites for hydroxylation is 1. The highest BCUT2D eigenvalue weighted by atomic mass is 16.5. The molecule has 5 nitrogen and oxygen atoms in total. The van der Waals surface area contributed by atoms with Crippen molar-refractivity contribution in [3.8, 4) is 5.75 Å². The average molecular weight is 392 g/mol. The van der Waals surface area contributed by atoms with Gasteiger partial charge in [0, 0.05) is 13.0 Å². The summed E-state index contributed by atoms with van der Waals surface area (Å²) in [5.74, 6) is 1.96. The molecule has 5 heteroatoms. The highest BCUT2D eigenvalue weighted by molar-refractivity contribution is 5.87. The summed E-state index contributed by atoms with van der Waals surface area (Å²) >= 11 is 0. The van der Waals surface area contributed by atoms with Crippen LogP contribution in [-0.4, -0.2) is 28.6 Å². The average Bonchev–Trinajstić information content (AvgIpc) is 3.09. The van der Waals surface area contributed by atoms with E-state index in [4.69, 9.17) is 9.72 Å². The maximum atomic E-state index is 11.4. The van der Waals surface area contributed by atoms with Crippen molar-refractivity contribution in [2.45, 2.75) is 39.2 Å². The molecule has 1 amide bonds. The summed E-state index contributed by atoms with van der Waals surface area (Å²) in [5, 5.41) is 2.90. The molecule has 0 radical (unpaired) electrons. The summed E-state index contributed by atoms with van der Waals surface area (Å²) in [6.45, 7) is 3.93. The number of allylic oxidation sites excluding steroid dienone is 1. The first kappa shape index (κ1) is 20.6. The van der Waals surface area contributed by atoms with E-state index < -0.39 is 0 Å². The first-order valence-electron chi connectivity index (χ1n) is 10.3. The number of hydrogen-bond donors (Lipinski definition) is 1. The van der Waals surface area contributed by atoms with Gasteiger partial charge in [-0.1, -0.05) is 42.8 Å². The first-order chi connectivity index (χ1) is 14.3. The summed E-state index contributed by atoms with van der Waals surface area (Å²) in [4.78, 5) is 16.3.